The summed E-state index contributed by atoms with van der Waals surface area (Å²) in [4.78, 5) is 21.7. The zero-order chi connectivity index (χ0) is 17.6. The molecule has 1 amide bonds. The molecule has 0 atom stereocenters. The van der Waals surface area contributed by atoms with Gasteiger partial charge in [-0.2, -0.15) is 0 Å². The maximum Gasteiger partial charge on any atom is 0.219 e. The van der Waals surface area contributed by atoms with Crippen LogP contribution in [0.15, 0.2) is 29.9 Å². The minimum Gasteiger partial charge on any atom is -0.380 e. The number of carbonyl (C=O) groups is 1. The summed E-state index contributed by atoms with van der Waals surface area (Å²) in [5.41, 5.74) is 3.79. The molecule has 6 heteroatoms. The first-order valence-electron chi connectivity index (χ1n) is 8.69. The van der Waals surface area contributed by atoms with Gasteiger partial charge in [-0.3, -0.25) is 9.78 Å². The number of aromatic nitrogens is 1. The van der Waals surface area contributed by atoms with Gasteiger partial charge in [0.1, 0.15) is 0 Å². The summed E-state index contributed by atoms with van der Waals surface area (Å²) in [7, 11) is 0. The van der Waals surface area contributed by atoms with E-state index in [2.05, 4.69) is 34.3 Å². The predicted octanol–water partition coefficient (Wildman–Crippen LogP) is 3.23. The van der Waals surface area contributed by atoms with Crippen molar-refractivity contribution in [3.63, 3.8) is 0 Å². The van der Waals surface area contributed by atoms with Crippen molar-refractivity contribution in [1.29, 1.82) is 0 Å². The number of fused-ring (bicyclic) bond motifs is 1. The Morgan fingerprint density at radius 2 is 2.08 bits per heavy atom. The van der Waals surface area contributed by atoms with E-state index in [1.807, 2.05) is 17.3 Å². The van der Waals surface area contributed by atoms with Gasteiger partial charge in [0, 0.05) is 50.4 Å². The number of carbonyl (C=O) groups excluding carboxylic acids is 1. The summed E-state index contributed by atoms with van der Waals surface area (Å²) in [6, 6.07) is 4.12. The molecule has 25 heavy (non-hydrogen) atoms. The fraction of sp³-hybridized carbons (Fsp3) is 0.474. The van der Waals surface area contributed by atoms with Crippen LogP contribution in [0.2, 0.25) is 0 Å². The second kappa shape index (κ2) is 8.45. The molecule has 0 unspecified atom stereocenters. The third-order valence-corrected chi connectivity index (χ3v) is 5.54. The average molecular weight is 359 g/mol. The Morgan fingerprint density at radius 3 is 2.84 bits per heavy atom. The second-order valence-corrected chi connectivity index (χ2v) is 7.34. The number of amides is 1. The maximum absolute atomic E-state index is 12.0. The number of hydrogen-bond donors (Lipinski definition) is 0. The van der Waals surface area contributed by atoms with Crippen LogP contribution >= 0.6 is 11.3 Å². The van der Waals surface area contributed by atoms with Crippen molar-refractivity contribution in [1.82, 2.24) is 9.88 Å². The molecule has 1 aliphatic heterocycles. The predicted molar refractivity (Wildman–Crippen MR) is 101 cm³/mol. The first-order chi connectivity index (χ1) is 12.1. The van der Waals surface area contributed by atoms with Crippen molar-refractivity contribution in [2.45, 2.75) is 33.4 Å². The SMILES string of the molecule is CC(=O)N1CCOCCCN(Cc2ccncc2)c2c(C)csc2C1. The standard InChI is InChI=1S/C19H25N3O2S/c1-15-14-25-18-13-21(16(2)23)9-11-24-10-3-8-22(19(15)18)12-17-4-6-20-7-5-17/h4-7,14H,3,8-13H2,1-2H3. The first kappa shape index (κ1) is 17.9. The van der Waals surface area contributed by atoms with Crippen molar-refractivity contribution in [3.8, 4) is 0 Å². The Morgan fingerprint density at radius 1 is 1.28 bits per heavy atom. The van der Waals surface area contributed by atoms with E-state index < -0.39 is 0 Å². The molecule has 0 bridgehead atoms. The summed E-state index contributed by atoms with van der Waals surface area (Å²) < 4.78 is 5.72. The van der Waals surface area contributed by atoms with Gasteiger partial charge in [-0.25, -0.2) is 0 Å². The van der Waals surface area contributed by atoms with Crippen molar-refractivity contribution in [2.24, 2.45) is 0 Å². The Kier molecular flexibility index (Phi) is 6.04. The average Bonchev–Trinajstić information content (AvgIpc) is 2.94. The fourth-order valence-electron chi connectivity index (χ4n) is 3.16. The number of rotatable bonds is 2. The van der Waals surface area contributed by atoms with Crippen molar-refractivity contribution in [2.75, 3.05) is 31.2 Å². The Balaban J connectivity index is 1.91. The van der Waals surface area contributed by atoms with E-state index in [0.717, 1.165) is 26.1 Å². The van der Waals surface area contributed by atoms with Crippen molar-refractivity contribution < 1.29 is 9.53 Å². The number of pyridine rings is 1. The number of hydrogen-bond acceptors (Lipinski definition) is 5. The summed E-state index contributed by atoms with van der Waals surface area (Å²) in [6.45, 7) is 8.19. The molecule has 0 aromatic carbocycles. The second-order valence-electron chi connectivity index (χ2n) is 6.37. The molecule has 0 N–H and O–H groups in total. The van der Waals surface area contributed by atoms with Crippen molar-refractivity contribution >= 4 is 22.9 Å². The Labute approximate surface area is 153 Å². The largest absolute Gasteiger partial charge is 0.380 e. The minimum atomic E-state index is 0.0977. The normalized spacial score (nSPS) is 16.2. The Bertz CT molecular complexity index is 702. The van der Waals surface area contributed by atoms with Crippen LogP contribution in [0.4, 0.5) is 5.69 Å². The van der Waals surface area contributed by atoms with Gasteiger partial charge in [-0.05, 0) is 42.0 Å². The summed E-state index contributed by atoms with van der Waals surface area (Å²) in [6.07, 6.45) is 4.65. The molecular formula is C19H25N3O2S. The molecule has 2 aromatic rings. The molecule has 0 saturated carbocycles. The van der Waals surface area contributed by atoms with E-state index in [-0.39, 0.29) is 5.91 Å². The Hall–Kier alpha value is -1.92. The third-order valence-electron chi connectivity index (χ3n) is 4.46. The zero-order valence-corrected chi connectivity index (χ0v) is 15.7. The van der Waals surface area contributed by atoms with Gasteiger partial charge in [-0.15, -0.1) is 11.3 Å². The van der Waals surface area contributed by atoms with Crippen LogP contribution in [0.25, 0.3) is 0 Å². The zero-order valence-electron chi connectivity index (χ0n) is 14.9. The fourth-order valence-corrected chi connectivity index (χ4v) is 4.23. The van der Waals surface area contributed by atoms with Gasteiger partial charge in [0.05, 0.1) is 18.8 Å². The monoisotopic (exact) mass is 359 g/mol. The van der Waals surface area contributed by atoms with E-state index in [0.29, 0.717) is 19.7 Å². The quantitative estimate of drug-likeness (QED) is 0.826. The van der Waals surface area contributed by atoms with Gasteiger partial charge >= 0.3 is 0 Å². The van der Waals surface area contributed by atoms with Crippen LogP contribution in [0.5, 0.6) is 0 Å². The van der Waals surface area contributed by atoms with Gasteiger partial charge in [0.25, 0.3) is 0 Å². The van der Waals surface area contributed by atoms with E-state index in [1.54, 1.807) is 18.3 Å². The topological polar surface area (TPSA) is 45.7 Å². The minimum absolute atomic E-state index is 0.0977. The number of nitrogens with zero attached hydrogens (tertiary/aromatic N) is 3. The molecule has 0 fully saturated rings. The van der Waals surface area contributed by atoms with Crippen LogP contribution < -0.4 is 4.90 Å². The van der Waals surface area contributed by atoms with E-state index >= 15 is 0 Å². The highest BCUT2D eigenvalue weighted by Crippen LogP contribution is 2.33. The summed E-state index contributed by atoms with van der Waals surface area (Å²) >= 11 is 1.74. The maximum atomic E-state index is 12.0. The van der Waals surface area contributed by atoms with Gasteiger partial charge in [-0.1, -0.05) is 0 Å². The van der Waals surface area contributed by atoms with Crippen LogP contribution in [-0.4, -0.2) is 42.1 Å². The molecule has 3 rings (SSSR count). The number of anilines is 1. The molecule has 2 aromatic heterocycles. The highest BCUT2D eigenvalue weighted by Gasteiger charge is 2.20. The van der Waals surface area contributed by atoms with Crippen LogP contribution in [0, 0.1) is 6.92 Å². The highest BCUT2D eigenvalue weighted by molar-refractivity contribution is 7.10. The summed E-state index contributed by atoms with van der Waals surface area (Å²) in [5.74, 6) is 0.0977. The van der Waals surface area contributed by atoms with E-state index in [9.17, 15) is 4.79 Å². The van der Waals surface area contributed by atoms with Crippen LogP contribution in [-0.2, 0) is 22.6 Å². The smallest absolute Gasteiger partial charge is 0.219 e. The molecular weight excluding hydrogens is 334 g/mol. The molecule has 0 saturated heterocycles. The van der Waals surface area contributed by atoms with Crippen LogP contribution in [0.1, 0.15) is 29.3 Å². The number of ether oxygens (including phenoxy) is 1. The number of aryl methyl sites for hydroxylation is 1. The van der Waals surface area contributed by atoms with Gasteiger partial charge < -0.3 is 14.5 Å². The molecule has 0 aliphatic carbocycles. The lowest BCUT2D eigenvalue weighted by Crippen LogP contribution is -2.31. The number of thiophene rings is 1. The first-order valence-corrected chi connectivity index (χ1v) is 9.57. The third kappa shape index (κ3) is 4.58. The van der Waals surface area contributed by atoms with Crippen molar-refractivity contribution in [3.05, 3.63) is 45.9 Å². The lowest BCUT2D eigenvalue weighted by atomic mass is 10.1. The van der Waals surface area contributed by atoms with Crippen LogP contribution in [0.3, 0.4) is 0 Å². The molecule has 3 heterocycles. The lowest BCUT2D eigenvalue weighted by Gasteiger charge is -2.27. The van der Waals surface area contributed by atoms with E-state index in [4.69, 9.17) is 4.74 Å². The lowest BCUT2D eigenvalue weighted by molar-refractivity contribution is -0.130. The molecule has 0 spiro atoms. The van der Waals surface area contributed by atoms with Gasteiger partial charge in [0.15, 0.2) is 0 Å². The molecule has 5 nitrogen and oxygen atoms in total. The van der Waals surface area contributed by atoms with E-state index in [1.165, 1.54) is 21.7 Å². The summed E-state index contributed by atoms with van der Waals surface area (Å²) in [5, 5.41) is 2.20. The molecule has 134 valence electrons. The van der Waals surface area contributed by atoms with Gasteiger partial charge in [0.2, 0.25) is 5.91 Å². The highest BCUT2D eigenvalue weighted by atomic mass is 32.1. The molecule has 0 radical (unpaired) electrons. The molecule has 1 aliphatic rings.